The van der Waals surface area contributed by atoms with Gasteiger partial charge in [0.2, 0.25) is 10.0 Å². The molecule has 1 aromatic rings. The molecular weight excluding hydrogens is 346 g/mol. The van der Waals surface area contributed by atoms with Crippen molar-refractivity contribution in [3.8, 4) is 0 Å². The second-order valence-corrected chi connectivity index (χ2v) is 6.85. The number of ether oxygens (including phenoxy) is 1. The normalized spacial score (nSPS) is 11.4. The third-order valence-corrected chi connectivity index (χ3v) is 4.68. The van der Waals surface area contributed by atoms with Crippen molar-refractivity contribution in [2.45, 2.75) is 38.0 Å². The highest BCUT2D eigenvalue weighted by Crippen LogP contribution is 2.25. The molecule has 0 aliphatic rings. The molecule has 1 aromatic carbocycles. The van der Waals surface area contributed by atoms with E-state index in [0.717, 1.165) is 19.3 Å². The molecule has 0 fully saturated rings. The molecule has 0 aliphatic carbocycles. The van der Waals surface area contributed by atoms with Gasteiger partial charge in [-0.3, -0.25) is 0 Å². The van der Waals surface area contributed by atoms with Gasteiger partial charge in [-0.1, -0.05) is 35.7 Å². The monoisotopic (exact) mass is 363 g/mol. The fourth-order valence-corrected chi connectivity index (χ4v) is 3.09. The average molecular weight is 364 g/mol. The van der Waals surface area contributed by atoms with Crippen molar-refractivity contribution in [3.05, 3.63) is 27.7 Å². The minimum absolute atomic E-state index is 0.0765. The molecule has 2 N–H and O–H groups in total. The van der Waals surface area contributed by atoms with E-state index in [1.165, 1.54) is 12.1 Å². The van der Waals surface area contributed by atoms with Gasteiger partial charge in [-0.25, -0.2) is 18.4 Å². The highest BCUT2D eigenvalue weighted by atomic mass is 79.9. The third-order valence-electron chi connectivity index (χ3n) is 2.82. The van der Waals surface area contributed by atoms with Crippen molar-refractivity contribution in [1.29, 1.82) is 0 Å². The zero-order valence-corrected chi connectivity index (χ0v) is 13.9. The number of benzene rings is 1. The van der Waals surface area contributed by atoms with Crippen LogP contribution in [-0.4, -0.2) is 21.0 Å². The predicted molar refractivity (Wildman–Crippen MR) is 80.1 cm³/mol. The second-order valence-electron chi connectivity index (χ2n) is 4.47. The maximum Gasteiger partial charge on any atom is 0.338 e. The van der Waals surface area contributed by atoms with E-state index in [-0.39, 0.29) is 10.5 Å². The summed E-state index contributed by atoms with van der Waals surface area (Å²) in [6, 6.07) is 2.78. The zero-order valence-electron chi connectivity index (χ0n) is 11.5. The Hall–Kier alpha value is -0.920. The Morgan fingerprint density at radius 2 is 2.00 bits per heavy atom. The Morgan fingerprint density at radius 1 is 1.35 bits per heavy atom. The van der Waals surface area contributed by atoms with Gasteiger partial charge in [0.25, 0.3) is 0 Å². The number of halogens is 1. The van der Waals surface area contributed by atoms with E-state index in [1.807, 2.05) is 0 Å². The van der Waals surface area contributed by atoms with Gasteiger partial charge in [0.15, 0.2) is 0 Å². The Labute approximate surface area is 127 Å². The van der Waals surface area contributed by atoms with Crippen LogP contribution in [0.15, 0.2) is 21.5 Å². The van der Waals surface area contributed by atoms with Crippen LogP contribution in [0, 0.1) is 6.92 Å². The molecule has 0 saturated carbocycles. The van der Waals surface area contributed by atoms with Crippen LogP contribution in [0.2, 0.25) is 0 Å². The highest BCUT2D eigenvalue weighted by Gasteiger charge is 2.18. The maximum atomic E-state index is 11.9. The first-order chi connectivity index (χ1) is 9.27. The zero-order chi connectivity index (χ0) is 15.3. The molecule has 0 atom stereocenters. The summed E-state index contributed by atoms with van der Waals surface area (Å²) in [6.45, 7) is 3.99. The lowest BCUT2D eigenvalue weighted by Crippen LogP contribution is -2.16. The molecule has 1 rings (SSSR count). The van der Waals surface area contributed by atoms with Crippen LogP contribution in [-0.2, 0) is 14.8 Å². The van der Waals surface area contributed by atoms with Gasteiger partial charge >= 0.3 is 5.97 Å². The van der Waals surface area contributed by atoms with Gasteiger partial charge < -0.3 is 4.74 Å². The fourth-order valence-electron chi connectivity index (χ4n) is 1.67. The molecule has 112 valence electrons. The van der Waals surface area contributed by atoms with Crippen LogP contribution in [0.3, 0.4) is 0 Å². The average Bonchev–Trinajstić information content (AvgIpc) is 2.36. The third kappa shape index (κ3) is 4.57. The van der Waals surface area contributed by atoms with E-state index >= 15 is 0 Å². The molecule has 0 radical (unpaired) electrons. The van der Waals surface area contributed by atoms with E-state index in [9.17, 15) is 13.2 Å². The molecule has 0 saturated heterocycles. The number of unbranched alkanes of at least 4 members (excludes halogenated alkanes) is 2. The second kappa shape index (κ2) is 7.19. The van der Waals surface area contributed by atoms with E-state index in [1.54, 1.807) is 6.92 Å². The number of hydrogen-bond acceptors (Lipinski definition) is 4. The maximum absolute atomic E-state index is 11.9. The van der Waals surface area contributed by atoms with Crippen LogP contribution in [0.1, 0.15) is 42.1 Å². The molecule has 0 heterocycles. The summed E-state index contributed by atoms with van der Waals surface area (Å²) < 4.78 is 28.6. The number of primary sulfonamides is 1. The Kier molecular flexibility index (Phi) is 6.16. The van der Waals surface area contributed by atoms with E-state index in [4.69, 9.17) is 9.88 Å². The number of carbonyl (C=O) groups is 1. The molecule has 0 spiro atoms. The van der Waals surface area contributed by atoms with Crippen LogP contribution < -0.4 is 5.14 Å². The Balaban J connectivity index is 2.97. The number of rotatable bonds is 6. The number of esters is 1. The van der Waals surface area contributed by atoms with E-state index in [0.29, 0.717) is 16.6 Å². The summed E-state index contributed by atoms with van der Waals surface area (Å²) in [5, 5.41) is 5.13. The van der Waals surface area contributed by atoms with Crippen molar-refractivity contribution in [2.75, 3.05) is 6.61 Å². The van der Waals surface area contributed by atoms with Crippen LogP contribution in [0.4, 0.5) is 0 Å². The summed E-state index contributed by atoms with van der Waals surface area (Å²) in [5.74, 6) is -0.549. The number of nitrogens with two attached hydrogens (primary N) is 1. The summed E-state index contributed by atoms with van der Waals surface area (Å²) in [5.41, 5.74) is 0.637. The Morgan fingerprint density at radius 3 is 2.55 bits per heavy atom. The van der Waals surface area contributed by atoms with Gasteiger partial charge in [0, 0.05) is 4.47 Å². The quantitative estimate of drug-likeness (QED) is 0.621. The number of hydrogen-bond donors (Lipinski definition) is 1. The van der Waals surface area contributed by atoms with Crippen molar-refractivity contribution in [2.24, 2.45) is 5.14 Å². The van der Waals surface area contributed by atoms with E-state index < -0.39 is 16.0 Å². The number of sulfonamides is 1. The summed E-state index contributed by atoms with van der Waals surface area (Å²) in [6.07, 6.45) is 2.80. The van der Waals surface area contributed by atoms with Crippen molar-refractivity contribution >= 4 is 31.9 Å². The summed E-state index contributed by atoms with van der Waals surface area (Å²) >= 11 is 3.22. The Bertz CT molecular complexity index is 599. The van der Waals surface area contributed by atoms with Crippen LogP contribution in [0.25, 0.3) is 0 Å². The van der Waals surface area contributed by atoms with Gasteiger partial charge in [-0.15, -0.1) is 0 Å². The van der Waals surface area contributed by atoms with Crippen molar-refractivity contribution in [1.82, 2.24) is 0 Å². The van der Waals surface area contributed by atoms with Crippen molar-refractivity contribution in [3.63, 3.8) is 0 Å². The lowest BCUT2D eigenvalue weighted by molar-refractivity contribution is 0.0498. The standard InChI is InChI=1S/C13H18BrNO4S/c1-3-4-5-6-19-13(16)10-7-11(14)9(2)12(8-10)20(15,17)18/h7-8H,3-6H2,1-2H3,(H2,15,17,18). The first-order valence-electron chi connectivity index (χ1n) is 6.27. The number of carbonyl (C=O) groups excluding carboxylic acids is 1. The van der Waals surface area contributed by atoms with Gasteiger partial charge in [-0.2, -0.15) is 0 Å². The predicted octanol–water partition coefficient (Wildman–Crippen LogP) is 2.75. The van der Waals surface area contributed by atoms with E-state index in [2.05, 4.69) is 22.9 Å². The molecule has 7 heteroatoms. The SMILES string of the molecule is CCCCCOC(=O)c1cc(Br)c(C)c(S(N)(=O)=O)c1. The van der Waals surface area contributed by atoms with Crippen LogP contribution >= 0.6 is 15.9 Å². The largest absolute Gasteiger partial charge is 0.462 e. The molecule has 5 nitrogen and oxygen atoms in total. The molecule has 0 unspecified atom stereocenters. The minimum atomic E-state index is -3.88. The van der Waals surface area contributed by atoms with Gasteiger partial charge in [0.05, 0.1) is 17.1 Å². The first-order valence-corrected chi connectivity index (χ1v) is 8.61. The molecule has 0 aromatic heterocycles. The molecule has 0 bridgehead atoms. The highest BCUT2D eigenvalue weighted by molar-refractivity contribution is 9.10. The van der Waals surface area contributed by atoms with Gasteiger partial charge in [0.1, 0.15) is 0 Å². The van der Waals surface area contributed by atoms with Gasteiger partial charge in [-0.05, 0) is 31.0 Å². The fraction of sp³-hybridized carbons (Fsp3) is 0.462. The molecule has 0 amide bonds. The first kappa shape index (κ1) is 17.1. The lowest BCUT2D eigenvalue weighted by atomic mass is 10.1. The molecular formula is C13H18BrNO4S. The molecule has 20 heavy (non-hydrogen) atoms. The topological polar surface area (TPSA) is 86.5 Å². The smallest absolute Gasteiger partial charge is 0.338 e. The summed E-state index contributed by atoms with van der Waals surface area (Å²) in [7, 11) is -3.88. The summed E-state index contributed by atoms with van der Waals surface area (Å²) in [4.78, 5) is 11.8. The van der Waals surface area contributed by atoms with Crippen molar-refractivity contribution < 1.29 is 17.9 Å². The minimum Gasteiger partial charge on any atom is -0.462 e. The lowest BCUT2D eigenvalue weighted by Gasteiger charge is -2.09. The van der Waals surface area contributed by atoms with Crippen LogP contribution in [0.5, 0.6) is 0 Å². The molecule has 0 aliphatic heterocycles.